The summed E-state index contributed by atoms with van der Waals surface area (Å²) >= 11 is 3.40. The average Bonchev–Trinajstić information content (AvgIpc) is 2.54. The van der Waals surface area contributed by atoms with Crippen molar-refractivity contribution in [1.82, 2.24) is 4.90 Å². The molecule has 1 aromatic rings. The van der Waals surface area contributed by atoms with Crippen molar-refractivity contribution in [3.05, 3.63) is 34.3 Å². The van der Waals surface area contributed by atoms with Gasteiger partial charge in [0.1, 0.15) is 0 Å². The molecule has 1 saturated heterocycles. The fourth-order valence-electron chi connectivity index (χ4n) is 2.28. The Morgan fingerprint density at radius 2 is 2.06 bits per heavy atom. The number of nitrogens with zero attached hydrogens (tertiary/aromatic N) is 1. The fraction of sp³-hybridized carbons (Fsp3) is 0.417. The van der Waals surface area contributed by atoms with Gasteiger partial charge in [-0.3, -0.25) is 4.79 Å². The van der Waals surface area contributed by atoms with E-state index < -0.39 is 0 Å². The van der Waals surface area contributed by atoms with Gasteiger partial charge in [-0.05, 0) is 24.6 Å². The summed E-state index contributed by atoms with van der Waals surface area (Å²) in [5.74, 6) is 0.155. The highest BCUT2D eigenvalue weighted by Crippen LogP contribution is 2.32. The summed E-state index contributed by atoms with van der Waals surface area (Å²) in [5, 5.41) is 0. The molecule has 1 heterocycles. The number of hydrogen-bond acceptors (Lipinski definition) is 2. The van der Waals surface area contributed by atoms with E-state index in [-0.39, 0.29) is 18.0 Å². The second kappa shape index (κ2) is 4.55. The Hall–Kier alpha value is -0.870. The van der Waals surface area contributed by atoms with Crippen LogP contribution < -0.4 is 5.73 Å². The number of hydrogen-bond donors (Lipinski definition) is 1. The van der Waals surface area contributed by atoms with Crippen molar-refractivity contribution in [3.63, 3.8) is 0 Å². The quantitative estimate of drug-likeness (QED) is 0.903. The molecule has 1 amide bonds. The first-order valence-corrected chi connectivity index (χ1v) is 6.23. The van der Waals surface area contributed by atoms with Gasteiger partial charge in [-0.1, -0.05) is 28.1 Å². The van der Waals surface area contributed by atoms with Gasteiger partial charge in [0.2, 0.25) is 5.91 Å². The van der Waals surface area contributed by atoms with Crippen LogP contribution in [0.25, 0.3) is 0 Å². The maximum Gasteiger partial charge on any atom is 0.224 e. The SMILES string of the molecule is CCN1C(=O)C[C@H](N)[C@H]1c1ccc(Br)cc1. The smallest absolute Gasteiger partial charge is 0.224 e. The molecule has 4 heteroatoms. The van der Waals surface area contributed by atoms with Crippen LogP contribution in [-0.2, 0) is 4.79 Å². The highest BCUT2D eigenvalue weighted by atomic mass is 79.9. The fourth-order valence-corrected chi connectivity index (χ4v) is 2.54. The number of halogens is 1. The molecule has 1 fully saturated rings. The van der Waals surface area contributed by atoms with Gasteiger partial charge in [0.15, 0.2) is 0 Å². The van der Waals surface area contributed by atoms with Crippen LogP contribution in [0.3, 0.4) is 0 Å². The van der Waals surface area contributed by atoms with Crippen LogP contribution in [-0.4, -0.2) is 23.4 Å². The van der Waals surface area contributed by atoms with Gasteiger partial charge < -0.3 is 10.6 Å². The summed E-state index contributed by atoms with van der Waals surface area (Å²) < 4.78 is 1.04. The van der Waals surface area contributed by atoms with E-state index in [9.17, 15) is 4.79 Å². The zero-order chi connectivity index (χ0) is 11.7. The van der Waals surface area contributed by atoms with E-state index in [4.69, 9.17) is 5.73 Å². The summed E-state index contributed by atoms with van der Waals surface area (Å²) in [4.78, 5) is 13.6. The summed E-state index contributed by atoms with van der Waals surface area (Å²) in [6, 6.07) is 7.96. The third-order valence-corrected chi connectivity index (χ3v) is 3.55. The first kappa shape index (κ1) is 11.6. The number of carbonyl (C=O) groups excluding carboxylic acids is 1. The Morgan fingerprint density at radius 1 is 1.44 bits per heavy atom. The van der Waals surface area contributed by atoms with Crippen LogP contribution in [0.15, 0.2) is 28.7 Å². The van der Waals surface area contributed by atoms with Gasteiger partial charge >= 0.3 is 0 Å². The molecule has 0 aliphatic carbocycles. The topological polar surface area (TPSA) is 46.3 Å². The van der Waals surface area contributed by atoms with Crippen molar-refractivity contribution >= 4 is 21.8 Å². The summed E-state index contributed by atoms with van der Waals surface area (Å²) in [5.41, 5.74) is 7.15. The molecule has 2 rings (SSSR count). The maximum atomic E-state index is 11.7. The molecule has 2 atom stereocenters. The van der Waals surface area contributed by atoms with Crippen molar-refractivity contribution in [3.8, 4) is 0 Å². The minimum Gasteiger partial charge on any atom is -0.334 e. The molecule has 16 heavy (non-hydrogen) atoms. The van der Waals surface area contributed by atoms with E-state index in [1.807, 2.05) is 36.1 Å². The van der Waals surface area contributed by atoms with E-state index in [0.717, 1.165) is 10.0 Å². The Kier molecular flexibility index (Phi) is 3.30. The highest BCUT2D eigenvalue weighted by Gasteiger charge is 2.37. The first-order valence-electron chi connectivity index (χ1n) is 5.44. The lowest BCUT2D eigenvalue weighted by Crippen LogP contribution is -2.32. The number of likely N-dealkylation sites (N-methyl/N-ethyl adjacent to an activating group) is 1. The molecule has 0 saturated carbocycles. The Labute approximate surface area is 104 Å². The van der Waals surface area contributed by atoms with Gasteiger partial charge in [-0.2, -0.15) is 0 Å². The van der Waals surface area contributed by atoms with Gasteiger partial charge in [0.25, 0.3) is 0 Å². The molecule has 0 unspecified atom stereocenters. The van der Waals surface area contributed by atoms with Crippen LogP contribution in [0.5, 0.6) is 0 Å². The molecule has 1 aromatic carbocycles. The molecule has 3 nitrogen and oxygen atoms in total. The lowest BCUT2D eigenvalue weighted by molar-refractivity contribution is -0.128. The second-order valence-electron chi connectivity index (χ2n) is 4.04. The van der Waals surface area contributed by atoms with Crippen LogP contribution in [0.2, 0.25) is 0 Å². The second-order valence-corrected chi connectivity index (χ2v) is 4.96. The number of benzene rings is 1. The Balaban J connectivity index is 2.31. The highest BCUT2D eigenvalue weighted by molar-refractivity contribution is 9.10. The normalized spacial score (nSPS) is 25.2. The van der Waals surface area contributed by atoms with Gasteiger partial charge in [0.05, 0.1) is 6.04 Å². The number of likely N-dealkylation sites (tertiary alicyclic amines) is 1. The van der Waals surface area contributed by atoms with Crippen LogP contribution in [0.1, 0.15) is 24.9 Å². The molecule has 0 radical (unpaired) electrons. The lowest BCUT2D eigenvalue weighted by atomic mass is 10.0. The minimum absolute atomic E-state index is 0.0330. The molecule has 0 bridgehead atoms. The molecule has 2 N–H and O–H groups in total. The Morgan fingerprint density at radius 3 is 2.62 bits per heavy atom. The summed E-state index contributed by atoms with van der Waals surface area (Å²) in [6.45, 7) is 2.70. The maximum absolute atomic E-state index is 11.7. The largest absolute Gasteiger partial charge is 0.334 e. The van der Waals surface area contributed by atoms with E-state index in [1.165, 1.54) is 0 Å². The van der Waals surface area contributed by atoms with Crippen molar-refractivity contribution in [2.24, 2.45) is 5.73 Å². The molecule has 86 valence electrons. The average molecular weight is 283 g/mol. The number of carbonyl (C=O) groups is 1. The van der Waals surface area contributed by atoms with Crippen LogP contribution in [0, 0.1) is 0 Å². The molecule has 0 aromatic heterocycles. The lowest BCUT2D eigenvalue weighted by Gasteiger charge is -2.26. The zero-order valence-corrected chi connectivity index (χ0v) is 10.8. The summed E-state index contributed by atoms with van der Waals surface area (Å²) in [6.07, 6.45) is 0.453. The van der Waals surface area contributed by atoms with Crippen molar-refractivity contribution in [2.45, 2.75) is 25.4 Å². The monoisotopic (exact) mass is 282 g/mol. The van der Waals surface area contributed by atoms with Gasteiger partial charge in [0, 0.05) is 23.5 Å². The van der Waals surface area contributed by atoms with Gasteiger partial charge in [-0.15, -0.1) is 0 Å². The van der Waals surface area contributed by atoms with E-state index >= 15 is 0 Å². The molecular formula is C12H15BrN2O. The number of amides is 1. The standard InChI is InChI=1S/C12H15BrN2O/c1-2-15-11(16)7-10(14)12(15)8-3-5-9(13)6-4-8/h3-6,10,12H,2,7,14H2,1H3/t10-,12+/m0/s1. The van der Waals surface area contributed by atoms with Crippen molar-refractivity contribution in [1.29, 1.82) is 0 Å². The van der Waals surface area contributed by atoms with Crippen LogP contribution in [0.4, 0.5) is 0 Å². The molecule has 1 aliphatic heterocycles. The molecular weight excluding hydrogens is 268 g/mol. The van der Waals surface area contributed by atoms with Gasteiger partial charge in [-0.25, -0.2) is 0 Å². The molecule has 1 aliphatic rings. The number of rotatable bonds is 2. The zero-order valence-electron chi connectivity index (χ0n) is 9.19. The minimum atomic E-state index is -0.0892. The van der Waals surface area contributed by atoms with E-state index in [2.05, 4.69) is 15.9 Å². The third kappa shape index (κ3) is 1.99. The van der Waals surface area contributed by atoms with Crippen LogP contribution >= 0.6 is 15.9 Å². The summed E-state index contributed by atoms with van der Waals surface area (Å²) in [7, 11) is 0. The third-order valence-electron chi connectivity index (χ3n) is 3.02. The Bertz CT molecular complexity index is 391. The van der Waals surface area contributed by atoms with Crippen molar-refractivity contribution in [2.75, 3.05) is 6.54 Å². The van der Waals surface area contributed by atoms with E-state index in [0.29, 0.717) is 13.0 Å². The predicted molar refractivity (Wildman–Crippen MR) is 66.9 cm³/mol. The van der Waals surface area contributed by atoms with Crippen molar-refractivity contribution < 1.29 is 4.79 Å². The first-order chi connectivity index (χ1) is 7.63. The molecule has 0 spiro atoms. The predicted octanol–water partition coefficient (Wildman–Crippen LogP) is 2.07. The van der Waals surface area contributed by atoms with E-state index in [1.54, 1.807) is 0 Å². The number of nitrogens with two attached hydrogens (primary N) is 1.